The highest BCUT2D eigenvalue weighted by Gasteiger charge is 2.34. The van der Waals surface area contributed by atoms with Crippen LogP contribution in [0.3, 0.4) is 0 Å². The van der Waals surface area contributed by atoms with Gasteiger partial charge in [-0.15, -0.1) is 0 Å². The molecule has 4 nitrogen and oxygen atoms in total. The zero-order chi connectivity index (χ0) is 14.6. The lowest BCUT2D eigenvalue weighted by molar-refractivity contribution is 0.149. The number of anilines is 2. The Morgan fingerprint density at radius 3 is 2.90 bits per heavy atom. The van der Waals surface area contributed by atoms with Gasteiger partial charge in [0, 0.05) is 23.5 Å². The zero-order valence-corrected chi connectivity index (χ0v) is 12.5. The second-order valence-electron chi connectivity index (χ2n) is 5.99. The fourth-order valence-corrected chi connectivity index (χ4v) is 3.21. The first kappa shape index (κ1) is 15.0. The van der Waals surface area contributed by atoms with Crippen LogP contribution in [0.4, 0.5) is 11.4 Å². The standard InChI is InChI=1S/C16H26N2O2/c1-3-20-15-8-13(17)7-14(9-15)18-16(11-19)6-4-5-12(2)10-16/h7-9,12,18-19H,3-6,10-11,17H2,1-2H3. The highest BCUT2D eigenvalue weighted by molar-refractivity contribution is 5.60. The molecule has 0 aliphatic heterocycles. The summed E-state index contributed by atoms with van der Waals surface area (Å²) in [5, 5.41) is 13.3. The predicted molar refractivity (Wildman–Crippen MR) is 83.1 cm³/mol. The Bertz CT molecular complexity index is 450. The van der Waals surface area contributed by atoms with E-state index in [2.05, 4.69) is 12.2 Å². The summed E-state index contributed by atoms with van der Waals surface area (Å²) in [6.45, 7) is 4.96. The molecule has 112 valence electrons. The van der Waals surface area contributed by atoms with Gasteiger partial charge in [0.1, 0.15) is 5.75 Å². The molecule has 4 N–H and O–H groups in total. The van der Waals surface area contributed by atoms with Crippen LogP contribution >= 0.6 is 0 Å². The number of aliphatic hydroxyl groups is 1. The Kier molecular flexibility index (Phi) is 4.76. The minimum absolute atomic E-state index is 0.149. The van der Waals surface area contributed by atoms with Gasteiger partial charge in [-0.2, -0.15) is 0 Å². The van der Waals surface area contributed by atoms with E-state index in [4.69, 9.17) is 10.5 Å². The van der Waals surface area contributed by atoms with Gasteiger partial charge in [0.25, 0.3) is 0 Å². The molecule has 20 heavy (non-hydrogen) atoms. The summed E-state index contributed by atoms with van der Waals surface area (Å²) in [5.41, 5.74) is 7.30. The first-order valence-electron chi connectivity index (χ1n) is 7.49. The van der Waals surface area contributed by atoms with Gasteiger partial charge in [-0.05, 0) is 31.7 Å². The lowest BCUT2D eigenvalue weighted by Crippen LogP contribution is -2.45. The lowest BCUT2D eigenvalue weighted by Gasteiger charge is -2.40. The Hall–Kier alpha value is -1.42. The van der Waals surface area contributed by atoms with Crippen molar-refractivity contribution in [3.05, 3.63) is 18.2 Å². The molecule has 0 heterocycles. The molecule has 1 aromatic rings. The number of nitrogen functional groups attached to an aromatic ring is 1. The minimum Gasteiger partial charge on any atom is -0.494 e. The smallest absolute Gasteiger partial charge is 0.123 e. The van der Waals surface area contributed by atoms with Crippen molar-refractivity contribution in [3.63, 3.8) is 0 Å². The van der Waals surface area contributed by atoms with Crippen LogP contribution in [-0.2, 0) is 0 Å². The summed E-state index contributed by atoms with van der Waals surface area (Å²) in [4.78, 5) is 0. The van der Waals surface area contributed by atoms with Crippen LogP contribution in [0.2, 0.25) is 0 Å². The monoisotopic (exact) mass is 278 g/mol. The third-order valence-corrected chi connectivity index (χ3v) is 4.04. The fraction of sp³-hybridized carbons (Fsp3) is 0.625. The first-order chi connectivity index (χ1) is 9.57. The van der Waals surface area contributed by atoms with E-state index in [1.807, 2.05) is 25.1 Å². The summed E-state index contributed by atoms with van der Waals surface area (Å²) >= 11 is 0. The molecule has 0 amide bonds. The number of hydrogen-bond acceptors (Lipinski definition) is 4. The zero-order valence-electron chi connectivity index (χ0n) is 12.5. The van der Waals surface area contributed by atoms with Crippen LogP contribution in [0.1, 0.15) is 39.5 Å². The van der Waals surface area contributed by atoms with E-state index in [1.54, 1.807) is 0 Å². The molecule has 0 spiro atoms. The van der Waals surface area contributed by atoms with Crippen LogP contribution in [0, 0.1) is 5.92 Å². The summed E-state index contributed by atoms with van der Waals surface area (Å²) in [6, 6.07) is 5.68. The van der Waals surface area contributed by atoms with Gasteiger partial charge >= 0.3 is 0 Å². The Morgan fingerprint density at radius 1 is 1.45 bits per heavy atom. The van der Waals surface area contributed by atoms with Gasteiger partial charge in [0.05, 0.1) is 18.8 Å². The lowest BCUT2D eigenvalue weighted by atomic mass is 9.76. The molecular weight excluding hydrogens is 252 g/mol. The van der Waals surface area contributed by atoms with Gasteiger partial charge in [-0.3, -0.25) is 0 Å². The number of nitrogens with one attached hydrogen (secondary N) is 1. The molecule has 0 saturated heterocycles. The molecule has 1 aromatic carbocycles. The van der Waals surface area contributed by atoms with Gasteiger partial charge < -0.3 is 20.9 Å². The molecule has 1 aliphatic carbocycles. The quantitative estimate of drug-likeness (QED) is 0.724. The minimum atomic E-state index is -0.227. The highest BCUT2D eigenvalue weighted by atomic mass is 16.5. The van der Waals surface area contributed by atoms with Crippen molar-refractivity contribution >= 4 is 11.4 Å². The molecule has 1 fully saturated rings. The molecule has 4 heteroatoms. The van der Waals surface area contributed by atoms with Crippen molar-refractivity contribution in [1.29, 1.82) is 0 Å². The van der Waals surface area contributed by atoms with E-state index in [0.29, 0.717) is 18.2 Å². The van der Waals surface area contributed by atoms with Gasteiger partial charge in [0.2, 0.25) is 0 Å². The van der Waals surface area contributed by atoms with Crippen LogP contribution in [0.25, 0.3) is 0 Å². The molecule has 2 atom stereocenters. The number of benzene rings is 1. The number of nitrogens with two attached hydrogens (primary N) is 1. The molecule has 0 radical (unpaired) electrons. The molecule has 2 rings (SSSR count). The summed E-state index contributed by atoms with van der Waals surface area (Å²) in [6.07, 6.45) is 4.37. The topological polar surface area (TPSA) is 67.5 Å². The molecule has 2 unspecified atom stereocenters. The maximum atomic E-state index is 9.84. The van der Waals surface area contributed by atoms with E-state index >= 15 is 0 Å². The van der Waals surface area contributed by atoms with Crippen LogP contribution in [0.5, 0.6) is 5.75 Å². The van der Waals surface area contributed by atoms with E-state index in [-0.39, 0.29) is 12.1 Å². The van der Waals surface area contributed by atoms with Crippen molar-refractivity contribution in [2.75, 3.05) is 24.3 Å². The molecular formula is C16H26N2O2. The van der Waals surface area contributed by atoms with E-state index in [1.165, 1.54) is 6.42 Å². The molecule has 0 aromatic heterocycles. The molecule has 0 bridgehead atoms. The second-order valence-corrected chi connectivity index (χ2v) is 5.99. The molecule has 1 saturated carbocycles. The van der Waals surface area contributed by atoms with Crippen LogP contribution in [0.15, 0.2) is 18.2 Å². The predicted octanol–water partition coefficient (Wildman–Crippen LogP) is 3.02. The number of ether oxygens (including phenoxy) is 1. The number of hydrogen-bond donors (Lipinski definition) is 3. The van der Waals surface area contributed by atoms with E-state index < -0.39 is 0 Å². The van der Waals surface area contributed by atoms with Gasteiger partial charge in [-0.25, -0.2) is 0 Å². The Labute approximate surface area is 121 Å². The van der Waals surface area contributed by atoms with Gasteiger partial charge in [0.15, 0.2) is 0 Å². The molecule has 1 aliphatic rings. The largest absolute Gasteiger partial charge is 0.494 e. The third-order valence-electron chi connectivity index (χ3n) is 4.04. The van der Waals surface area contributed by atoms with Gasteiger partial charge in [-0.1, -0.05) is 19.8 Å². The van der Waals surface area contributed by atoms with E-state index in [0.717, 1.165) is 30.7 Å². The average Bonchev–Trinajstić information content (AvgIpc) is 2.38. The normalized spacial score (nSPS) is 26.2. The maximum absolute atomic E-state index is 9.84. The Balaban J connectivity index is 2.18. The number of aliphatic hydroxyl groups excluding tert-OH is 1. The highest BCUT2D eigenvalue weighted by Crippen LogP contribution is 2.36. The number of rotatable bonds is 5. The van der Waals surface area contributed by atoms with Crippen molar-refractivity contribution in [1.82, 2.24) is 0 Å². The fourth-order valence-electron chi connectivity index (χ4n) is 3.21. The van der Waals surface area contributed by atoms with Crippen LogP contribution in [-0.4, -0.2) is 23.9 Å². The Morgan fingerprint density at radius 2 is 2.25 bits per heavy atom. The van der Waals surface area contributed by atoms with Crippen molar-refractivity contribution in [3.8, 4) is 5.75 Å². The third kappa shape index (κ3) is 3.57. The maximum Gasteiger partial charge on any atom is 0.123 e. The summed E-state index contributed by atoms with van der Waals surface area (Å²) in [7, 11) is 0. The van der Waals surface area contributed by atoms with Crippen molar-refractivity contribution in [2.24, 2.45) is 5.92 Å². The second kappa shape index (κ2) is 6.35. The summed E-state index contributed by atoms with van der Waals surface area (Å²) < 4.78 is 5.52. The average molecular weight is 278 g/mol. The first-order valence-corrected chi connectivity index (χ1v) is 7.49. The van der Waals surface area contributed by atoms with Crippen molar-refractivity contribution < 1.29 is 9.84 Å². The van der Waals surface area contributed by atoms with Crippen LogP contribution < -0.4 is 15.8 Å². The van der Waals surface area contributed by atoms with Crippen molar-refractivity contribution in [2.45, 2.75) is 45.1 Å². The SMILES string of the molecule is CCOc1cc(N)cc(NC2(CO)CCCC(C)C2)c1. The van der Waals surface area contributed by atoms with E-state index in [9.17, 15) is 5.11 Å². The summed E-state index contributed by atoms with van der Waals surface area (Å²) in [5.74, 6) is 1.41.